The largest absolute Gasteiger partial charge is 0.516 e. The zero-order valence-corrected chi connectivity index (χ0v) is 7.21. The van der Waals surface area contributed by atoms with Crippen LogP contribution >= 0.6 is 0 Å². The number of nitro benzene ring substituents is 1. The van der Waals surface area contributed by atoms with E-state index in [2.05, 4.69) is 0 Å². The summed E-state index contributed by atoms with van der Waals surface area (Å²) in [6, 6.07) is 2.87. The van der Waals surface area contributed by atoms with Gasteiger partial charge in [0.25, 0.3) is 0 Å². The first-order valence-electron chi connectivity index (χ1n) is 3.77. The fraction of sp³-hybridized carbons (Fsp3) is 0.143. The predicted octanol–water partition coefficient (Wildman–Crippen LogP) is 1.96. The first-order chi connectivity index (χ1) is 6.32. The standard InChI is InChI=1S/C7H6BF3NO2/c1-5-2-3-6(8(9,10)11)7(4-5)12(13)14/h2-4H,1H3/q-1. The van der Waals surface area contributed by atoms with Crippen molar-refractivity contribution in [2.75, 3.05) is 0 Å². The van der Waals surface area contributed by atoms with E-state index in [9.17, 15) is 23.1 Å². The van der Waals surface area contributed by atoms with E-state index in [1.807, 2.05) is 0 Å². The maximum atomic E-state index is 12.3. The Morgan fingerprint density at radius 2 is 1.93 bits per heavy atom. The lowest BCUT2D eigenvalue weighted by atomic mass is 9.78. The normalized spacial score (nSPS) is 11.4. The molecule has 0 atom stereocenters. The molecule has 0 aromatic heterocycles. The molecular weight excluding hydrogens is 198 g/mol. The summed E-state index contributed by atoms with van der Waals surface area (Å²) in [7, 11) is 0. The highest BCUT2D eigenvalue weighted by Crippen LogP contribution is 2.18. The summed E-state index contributed by atoms with van der Waals surface area (Å²) >= 11 is 0. The highest BCUT2D eigenvalue weighted by atomic mass is 19.4. The number of hydrogen-bond acceptors (Lipinski definition) is 2. The van der Waals surface area contributed by atoms with Crippen LogP contribution in [0.1, 0.15) is 5.56 Å². The van der Waals surface area contributed by atoms with Crippen LogP contribution in [0.2, 0.25) is 0 Å². The molecule has 0 spiro atoms. The molecule has 0 aliphatic carbocycles. The minimum Gasteiger partial charge on any atom is -0.445 e. The maximum Gasteiger partial charge on any atom is 0.516 e. The van der Waals surface area contributed by atoms with Crippen LogP contribution in [0, 0.1) is 17.0 Å². The smallest absolute Gasteiger partial charge is 0.445 e. The van der Waals surface area contributed by atoms with Crippen LogP contribution in [-0.4, -0.2) is 11.9 Å². The number of benzene rings is 1. The van der Waals surface area contributed by atoms with Gasteiger partial charge in [0.05, 0.1) is 4.92 Å². The number of rotatable bonds is 2. The lowest BCUT2D eigenvalue weighted by Crippen LogP contribution is -2.35. The molecule has 0 saturated heterocycles. The van der Waals surface area contributed by atoms with Gasteiger partial charge in [0, 0.05) is 6.07 Å². The molecule has 0 aliphatic rings. The Hall–Kier alpha value is -1.53. The van der Waals surface area contributed by atoms with Gasteiger partial charge in [-0.15, -0.1) is 0 Å². The van der Waals surface area contributed by atoms with E-state index < -0.39 is 23.1 Å². The van der Waals surface area contributed by atoms with E-state index in [0.717, 1.165) is 12.1 Å². The molecule has 1 aromatic carbocycles. The van der Waals surface area contributed by atoms with Crippen molar-refractivity contribution in [1.82, 2.24) is 0 Å². The molecule has 1 rings (SSSR count). The lowest BCUT2D eigenvalue weighted by molar-refractivity contribution is -0.383. The molecule has 7 heteroatoms. The minimum absolute atomic E-state index is 0.431. The average molecular weight is 204 g/mol. The zero-order chi connectivity index (χ0) is 10.9. The third-order valence-electron chi connectivity index (χ3n) is 1.74. The fourth-order valence-electron chi connectivity index (χ4n) is 1.09. The predicted molar refractivity (Wildman–Crippen MR) is 46.5 cm³/mol. The third-order valence-corrected chi connectivity index (χ3v) is 1.74. The molecule has 0 aliphatic heterocycles. The second-order valence-electron chi connectivity index (χ2n) is 2.89. The third kappa shape index (κ3) is 2.04. The Morgan fingerprint density at radius 3 is 2.36 bits per heavy atom. The van der Waals surface area contributed by atoms with E-state index in [1.54, 1.807) is 0 Å². The van der Waals surface area contributed by atoms with Crippen molar-refractivity contribution in [3.63, 3.8) is 0 Å². The summed E-state index contributed by atoms with van der Waals surface area (Å²) in [6.07, 6.45) is 0. The van der Waals surface area contributed by atoms with Crippen LogP contribution in [0.4, 0.5) is 18.6 Å². The number of aryl methyl sites for hydroxylation is 1. The number of nitrogens with zero attached hydrogens (tertiary/aromatic N) is 1. The highest BCUT2D eigenvalue weighted by molar-refractivity contribution is 6.74. The summed E-state index contributed by atoms with van der Waals surface area (Å²) in [4.78, 5) is 9.32. The van der Waals surface area contributed by atoms with Crippen molar-refractivity contribution in [3.05, 3.63) is 33.9 Å². The summed E-state index contributed by atoms with van der Waals surface area (Å²) in [5.41, 5.74) is -1.60. The van der Waals surface area contributed by atoms with Crippen LogP contribution < -0.4 is 5.46 Å². The van der Waals surface area contributed by atoms with E-state index in [1.165, 1.54) is 13.0 Å². The van der Waals surface area contributed by atoms with Crippen molar-refractivity contribution < 1.29 is 17.9 Å². The summed E-state index contributed by atoms with van der Waals surface area (Å²) in [5, 5.41) is 10.3. The highest BCUT2D eigenvalue weighted by Gasteiger charge is 2.32. The monoisotopic (exact) mass is 204 g/mol. The first-order valence-corrected chi connectivity index (χ1v) is 3.77. The topological polar surface area (TPSA) is 43.1 Å². The average Bonchev–Trinajstić information content (AvgIpc) is 2.01. The Morgan fingerprint density at radius 1 is 1.36 bits per heavy atom. The molecule has 14 heavy (non-hydrogen) atoms. The van der Waals surface area contributed by atoms with Gasteiger partial charge in [0.2, 0.25) is 5.69 Å². The quantitative estimate of drug-likeness (QED) is 0.419. The summed E-state index contributed by atoms with van der Waals surface area (Å²) in [5.74, 6) is 0. The van der Waals surface area contributed by atoms with E-state index >= 15 is 0 Å². The molecule has 1 aromatic rings. The van der Waals surface area contributed by atoms with Crippen LogP contribution in [-0.2, 0) is 0 Å². The molecule has 0 unspecified atom stereocenters. The minimum atomic E-state index is -5.32. The van der Waals surface area contributed by atoms with Gasteiger partial charge >= 0.3 is 6.98 Å². The second-order valence-corrected chi connectivity index (χ2v) is 2.89. The van der Waals surface area contributed by atoms with Crippen molar-refractivity contribution >= 4 is 18.1 Å². The van der Waals surface area contributed by atoms with Crippen LogP contribution in [0.5, 0.6) is 0 Å². The van der Waals surface area contributed by atoms with Gasteiger partial charge in [-0.1, -0.05) is 12.1 Å². The summed E-state index contributed by atoms with van der Waals surface area (Å²) < 4.78 is 36.9. The molecule has 0 radical (unpaired) electrons. The van der Waals surface area contributed by atoms with Gasteiger partial charge in [-0.2, -0.15) is 0 Å². The SMILES string of the molecule is Cc1ccc([B-](F)(F)F)c([N+](=O)[O-])c1. The Balaban J connectivity index is 3.37. The first kappa shape index (κ1) is 10.6. The molecule has 0 heterocycles. The molecule has 76 valence electrons. The van der Waals surface area contributed by atoms with Crippen molar-refractivity contribution in [3.8, 4) is 0 Å². The maximum absolute atomic E-state index is 12.3. The van der Waals surface area contributed by atoms with E-state index in [-0.39, 0.29) is 0 Å². The lowest BCUT2D eigenvalue weighted by Gasteiger charge is -2.14. The Kier molecular flexibility index (Phi) is 2.50. The van der Waals surface area contributed by atoms with Crippen molar-refractivity contribution in [2.24, 2.45) is 0 Å². The number of halogens is 3. The molecule has 0 amide bonds. The second kappa shape index (κ2) is 3.32. The van der Waals surface area contributed by atoms with Gasteiger partial charge in [-0.3, -0.25) is 10.1 Å². The van der Waals surface area contributed by atoms with Crippen molar-refractivity contribution in [2.45, 2.75) is 6.92 Å². The van der Waals surface area contributed by atoms with Crippen LogP contribution in [0.15, 0.2) is 18.2 Å². The van der Waals surface area contributed by atoms with Crippen molar-refractivity contribution in [1.29, 1.82) is 0 Å². The zero-order valence-electron chi connectivity index (χ0n) is 7.21. The summed E-state index contributed by atoms with van der Waals surface area (Å²) in [6.45, 7) is -3.82. The Labute approximate surface area is 77.8 Å². The molecule has 0 bridgehead atoms. The molecule has 3 nitrogen and oxygen atoms in total. The van der Waals surface area contributed by atoms with E-state index in [4.69, 9.17) is 0 Å². The van der Waals surface area contributed by atoms with Crippen LogP contribution in [0.3, 0.4) is 0 Å². The Bertz CT molecular complexity index is 378. The number of nitro groups is 1. The molecule has 0 fully saturated rings. The van der Waals surface area contributed by atoms with Gasteiger partial charge in [-0.25, -0.2) is 0 Å². The van der Waals surface area contributed by atoms with E-state index in [0.29, 0.717) is 5.56 Å². The molecule has 0 saturated carbocycles. The van der Waals surface area contributed by atoms with Gasteiger partial charge in [-0.05, 0) is 17.9 Å². The molecular formula is C7H6BF3NO2-. The molecule has 0 N–H and O–H groups in total. The van der Waals surface area contributed by atoms with Gasteiger partial charge in [0.15, 0.2) is 0 Å². The fourth-order valence-corrected chi connectivity index (χ4v) is 1.09. The van der Waals surface area contributed by atoms with Gasteiger partial charge < -0.3 is 12.9 Å². The number of hydrogen-bond donors (Lipinski definition) is 0. The van der Waals surface area contributed by atoms with Crippen LogP contribution in [0.25, 0.3) is 0 Å². The van der Waals surface area contributed by atoms with Gasteiger partial charge in [0.1, 0.15) is 0 Å².